The standard InChI is InChI=1S/C20H20O4/c21-16-9-15(10-17(22)18(16)20(24)14-7-8-14)19(23)13-5-3-12(4-6-13)11-1-2-11/h3-6,11,14-15,18H,1-2,7-10H2. The van der Waals surface area contributed by atoms with Crippen molar-refractivity contribution in [3.63, 3.8) is 0 Å². The average molecular weight is 324 g/mol. The van der Waals surface area contributed by atoms with Crippen LogP contribution >= 0.6 is 0 Å². The van der Waals surface area contributed by atoms with Crippen LogP contribution < -0.4 is 0 Å². The Morgan fingerprint density at radius 1 is 0.792 bits per heavy atom. The zero-order chi connectivity index (χ0) is 16.8. The number of rotatable bonds is 5. The molecule has 0 saturated heterocycles. The van der Waals surface area contributed by atoms with Crippen molar-refractivity contribution in [2.75, 3.05) is 0 Å². The molecule has 0 heterocycles. The van der Waals surface area contributed by atoms with Crippen molar-refractivity contribution in [2.24, 2.45) is 17.8 Å². The van der Waals surface area contributed by atoms with E-state index in [2.05, 4.69) is 0 Å². The molecule has 3 aliphatic carbocycles. The monoisotopic (exact) mass is 324 g/mol. The molecule has 0 atom stereocenters. The predicted molar refractivity (Wildman–Crippen MR) is 86.7 cm³/mol. The highest BCUT2D eigenvalue weighted by Crippen LogP contribution is 2.40. The Labute approximate surface area is 140 Å². The van der Waals surface area contributed by atoms with E-state index in [9.17, 15) is 19.2 Å². The molecule has 0 aliphatic heterocycles. The lowest BCUT2D eigenvalue weighted by atomic mass is 9.74. The maximum absolute atomic E-state index is 12.6. The van der Waals surface area contributed by atoms with E-state index in [1.165, 1.54) is 18.4 Å². The van der Waals surface area contributed by atoms with Gasteiger partial charge in [0.15, 0.2) is 23.1 Å². The minimum absolute atomic E-state index is 0.0120. The third-order valence-electron chi connectivity index (χ3n) is 5.42. The van der Waals surface area contributed by atoms with Crippen molar-refractivity contribution in [3.05, 3.63) is 35.4 Å². The van der Waals surface area contributed by atoms with Crippen molar-refractivity contribution in [2.45, 2.75) is 44.4 Å². The third kappa shape index (κ3) is 2.85. The first-order valence-corrected chi connectivity index (χ1v) is 8.78. The van der Waals surface area contributed by atoms with E-state index in [-0.39, 0.29) is 41.9 Å². The number of hydrogen-bond acceptors (Lipinski definition) is 4. The quantitative estimate of drug-likeness (QED) is 0.617. The van der Waals surface area contributed by atoms with Crippen LogP contribution in [-0.2, 0) is 14.4 Å². The number of Topliss-reactive ketones (excluding diaryl/α,β-unsaturated/α-hetero) is 4. The maximum atomic E-state index is 12.6. The van der Waals surface area contributed by atoms with Gasteiger partial charge in [-0.25, -0.2) is 0 Å². The van der Waals surface area contributed by atoms with E-state index >= 15 is 0 Å². The van der Waals surface area contributed by atoms with E-state index < -0.39 is 11.8 Å². The first-order valence-electron chi connectivity index (χ1n) is 8.78. The van der Waals surface area contributed by atoms with Gasteiger partial charge in [0, 0.05) is 30.2 Å². The smallest absolute Gasteiger partial charge is 0.166 e. The molecule has 0 amide bonds. The molecule has 0 aromatic heterocycles. The van der Waals surface area contributed by atoms with Gasteiger partial charge in [0.2, 0.25) is 0 Å². The fourth-order valence-corrected chi connectivity index (χ4v) is 3.65. The summed E-state index contributed by atoms with van der Waals surface area (Å²) in [5, 5.41) is 0. The summed E-state index contributed by atoms with van der Waals surface area (Å²) in [5.41, 5.74) is 1.80. The average Bonchev–Trinajstić information content (AvgIpc) is 3.46. The van der Waals surface area contributed by atoms with Gasteiger partial charge in [-0.05, 0) is 37.2 Å². The van der Waals surface area contributed by atoms with Gasteiger partial charge in [-0.2, -0.15) is 0 Å². The second-order valence-electron chi connectivity index (χ2n) is 7.41. The van der Waals surface area contributed by atoms with Crippen LogP contribution in [0.25, 0.3) is 0 Å². The van der Waals surface area contributed by atoms with Crippen molar-refractivity contribution < 1.29 is 19.2 Å². The van der Waals surface area contributed by atoms with Crippen LogP contribution in [0.1, 0.15) is 60.4 Å². The first-order chi connectivity index (χ1) is 11.5. The van der Waals surface area contributed by atoms with Crippen LogP contribution in [0.5, 0.6) is 0 Å². The highest BCUT2D eigenvalue weighted by molar-refractivity contribution is 6.23. The molecule has 4 rings (SSSR count). The second kappa shape index (κ2) is 5.76. The SMILES string of the molecule is O=C(c1ccc(C2CC2)cc1)C1CC(=O)C(C(=O)C2CC2)C(=O)C1. The van der Waals surface area contributed by atoms with Gasteiger partial charge in [0.05, 0.1) is 0 Å². The highest BCUT2D eigenvalue weighted by atomic mass is 16.2. The first kappa shape index (κ1) is 15.4. The van der Waals surface area contributed by atoms with E-state index in [4.69, 9.17) is 0 Å². The molecule has 4 nitrogen and oxygen atoms in total. The van der Waals surface area contributed by atoms with Gasteiger partial charge in [-0.1, -0.05) is 24.3 Å². The van der Waals surface area contributed by atoms with Gasteiger partial charge in [0.1, 0.15) is 5.92 Å². The topological polar surface area (TPSA) is 68.3 Å². The van der Waals surface area contributed by atoms with Crippen molar-refractivity contribution in [3.8, 4) is 0 Å². The molecular formula is C20H20O4. The molecule has 3 saturated carbocycles. The molecular weight excluding hydrogens is 304 g/mol. The van der Waals surface area contributed by atoms with E-state index in [1.54, 1.807) is 12.1 Å². The molecule has 4 heteroatoms. The minimum atomic E-state index is -1.10. The summed E-state index contributed by atoms with van der Waals surface area (Å²) in [6.45, 7) is 0. The molecule has 3 aliphatic rings. The minimum Gasteiger partial charge on any atom is -0.298 e. The van der Waals surface area contributed by atoms with Crippen LogP contribution in [0.15, 0.2) is 24.3 Å². The molecule has 0 unspecified atom stereocenters. The van der Waals surface area contributed by atoms with Gasteiger partial charge in [-0.15, -0.1) is 0 Å². The molecule has 0 N–H and O–H groups in total. The van der Waals surface area contributed by atoms with E-state index in [0.29, 0.717) is 11.5 Å². The normalized spacial score (nSPS) is 27.2. The van der Waals surface area contributed by atoms with Crippen molar-refractivity contribution >= 4 is 23.1 Å². The lowest BCUT2D eigenvalue weighted by molar-refractivity contribution is -0.143. The summed E-state index contributed by atoms with van der Waals surface area (Å²) in [7, 11) is 0. The summed E-state index contributed by atoms with van der Waals surface area (Å²) in [6.07, 6.45) is 4.00. The predicted octanol–water partition coefficient (Wildman–Crippen LogP) is 2.89. The Bertz CT molecular complexity index is 705. The number of carbonyl (C=O) groups is 4. The van der Waals surface area contributed by atoms with Crippen LogP contribution in [0.2, 0.25) is 0 Å². The molecule has 3 fully saturated rings. The van der Waals surface area contributed by atoms with E-state index in [1.807, 2.05) is 12.1 Å². The van der Waals surface area contributed by atoms with Crippen molar-refractivity contribution in [1.82, 2.24) is 0 Å². The summed E-state index contributed by atoms with van der Waals surface area (Å²) < 4.78 is 0. The van der Waals surface area contributed by atoms with Crippen LogP contribution in [0, 0.1) is 17.8 Å². The van der Waals surface area contributed by atoms with Crippen LogP contribution in [0.3, 0.4) is 0 Å². The highest BCUT2D eigenvalue weighted by Gasteiger charge is 2.46. The molecule has 124 valence electrons. The third-order valence-corrected chi connectivity index (χ3v) is 5.42. The summed E-state index contributed by atoms with van der Waals surface area (Å²) in [4.78, 5) is 49.3. The van der Waals surface area contributed by atoms with Crippen LogP contribution in [0.4, 0.5) is 0 Å². The Kier molecular flexibility index (Phi) is 3.70. The van der Waals surface area contributed by atoms with Crippen molar-refractivity contribution in [1.29, 1.82) is 0 Å². The fraction of sp³-hybridized carbons (Fsp3) is 0.500. The number of carbonyl (C=O) groups excluding carboxylic acids is 4. The lowest BCUT2D eigenvalue weighted by Crippen LogP contribution is -2.41. The molecule has 1 aromatic rings. The van der Waals surface area contributed by atoms with Crippen LogP contribution in [-0.4, -0.2) is 23.1 Å². The molecule has 1 aromatic carbocycles. The number of benzene rings is 1. The van der Waals surface area contributed by atoms with E-state index in [0.717, 1.165) is 12.8 Å². The molecule has 0 spiro atoms. The number of hydrogen-bond donors (Lipinski definition) is 0. The van der Waals surface area contributed by atoms with Gasteiger partial charge in [-0.3, -0.25) is 19.2 Å². The zero-order valence-corrected chi connectivity index (χ0v) is 13.5. The Balaban J connectivity index is 1.46. The second-order valence-corrected chi connectivity index (χ2v) is 7.41. The Morgan fingerprint density at radius 3 is 1.88 bits per heavy atom. The Hall–Kier alpha value is -2.10. The molecule has 0 radical (unpaired) electrons. The fourth-order valence-electron chi connectivity index (χ4n) is 3.65. The van der Waals surface area contributed by atoms with Gasteiger partial charge < -0.3 is 0 Å². The largest absolute Gasteiger partial charge is 0.298 e. The number of ketones is 4. The summed E-state index contributed by atoms with van der Waals surface area (Å²) in [6, 6.07) is 7.53. The molecule has 0 bridgehead atoms. The molecule has 24 heavy (non-hydrogen) atoms. The summed E-state index contributed by atoms with van der Waals surface area (Å²) in [5.74, 6) is -2.29. The van der Waals surface area contributed by atoms with Gasteiger partial charge in [0.25, 0.3) is 0 Å². The lowest BCUT2D eigenvalue weighted by Gasteiger charge is -2.24. The zero-order valence-electron chi connectivity index (χ0n) is 13.5. The maximum Gasteiger partial charge on any atom is 0.166 e. The summed E-state index contributed by atoms with van der Waals surface area (Å²) >= 11 is 0. The Morgan fingerprint density at radius 2 is 1.38 bits per heavy atom. The van der Waals surface area contributed by atoms with Gasteiger partial charge >= 0.3 is 0 Å².